The Balaban J connectivity index is 6.63. The maximum absolute atomic E-state index is 14.1. The first-order chi connectivity index (χ1) is 27.2. The van der Waals surface area contributed by atoms with Crippen molar-refractivity contribution in [3.63, 3.8) is 0 Å². The van der Waals surface area contributed by atoms with Crippen molar-refractivity contribution in [1.29, 1.82) is 0 Å². The first-order valence-corrected chi connectivity index (χ1v) is 23.5. The molecule has 0 aliphatic rings. The van der Waals surface area contributed by atoms with Crippen LogP contribution in [-0.2, 0) is 23.9 Å². The largest absolute Gasteiger partial charge is 0.380 e. The molecule has 328 valence electrons. The molecule has 0 heterocycles. The molecule has 5 nitrogen and oxygen atoms in total. The van der Waals surface area contributed by atoms with Gasteiger partial charge in [0.15, 0.2) is 0 Å². The van der Waals surface area contributed by atoms with Crippen molar-refractivity contribution in [3.8, 4) is 0 Å². The summed E-state index contributed by atoms with van der Waals surface area (Å²) >= 11 is 0. The van der Waals surface area contributed by atoms with Gasteiger partial charge in [0.25, 0.3) is 0 Å². The summed E-state index contributed by atoms with van der Waals surface area (Å²) in [6, 6.07) is 0. The van der Waals surface area contributed by atoms with E-state index in [2.05, 4.69) is 67.9 Å². The number of allylic oxidation sites excluding steroid dienone is 4. The minimum atomic E-state index is -0.372. The highest BCUT2D eigenvalue weighted by atomic mass is 16.5. The predicted octanol–water partition coefficient (Wildman–Crippen LogP) is 14.4. The smallest absolute Gasteiger partial charge is 0.138 e. The van der Waals surface area contributed by atoms with Gasteiger partial charge >= 0.3 is 0 Å². The number of unbranched alkanes of at least 4 members (excludes halogenated alkanes) is 8. The van der Waals surface area contributed by atoms with E-state index in [9.17, 15) is 19.2 Å². The number of Topliss-reactive ketones (excluding diaryl/α,β-unsaturated/α-hetero) is 4. The summed E-state index contributed by atoms with van der Waals surface area (Å²) in [4.78, 5) is 56.0. The molecule has 5 heteroatoms. The van der Waals surface area contributed by atoms with Crippen molar-refractivity contribution in [1.82, 2.24) is 0 Å². The van der Waals surface area contributed by atoms with Crippen LogP contribution in [0.15, 0.2) is 49.6 Å². The van der Waals surface area contributed by atoms with Crippen LogP contribution in [0.2, 0.25) is 0 Å². The standard InChI is InChI=1S/C52H90O5/c1-13-19-25-31-49(53)45(43(39(7)8)29-23-17-5)35-41(11)47(51(55)33-27-21-15-3)37-57-38-48(52(56)34-28-22-16-4)42(12)36-46(50(54)32-26-20-14-2)44(40(9)10)30-24-18-6/h17-18,41-48H,5-7,9,13-16,19-38H2,1-4,8,10-12H3. The third-order valence-electron chi connectivity index (χ3n) is 12.6. The molecule has 0 fully saturated rings. The highest BCUT2D eigenvalue weighted by Gasteiger charge is 2.36. The van der Waals surface area contributed by atoms with E-state index in [-0.39, 0.29) is 83.7 Å². The summed E-state index contributed by atoms with van der Waals surface area (Å²) in [7, 11) is 0. The van der Waals surface area contributed by atoms with Crippen molar-refractivity contribution >= 4 is 23.1 Å². The van der Waals surface area contributed by atoms with Crippen molar-refractivity contribution in [2.45, 2.75) is 197 Å². The lowest BCUT2D eigenvalue weighted by atomic mass is 9.72. The van der Waals surface area contributed by atoms with Crippen LogP contribution < -0.4 is 0 Å². The lowest BCUT2D eigenvalue weighted by molar-refractivity contribution is -0.133. The van der Waals surface area contributed by atoms with Crippen LogP contribution in [0.5, 0.6) is 0 Å². The lowest BCUT2D eigenvalue weighted by Crippen LogP contribution is -2.35. The van der Waals surface area contributed by atoms with Gasteiger partial charge in [-0.25, -0.2) is 0 Å². The Hall–Kier alpha value is -2.40. The maximum atomic E-state index is 14.1. The van der Waals surface area contributed by atoms with Crippen LogP contribution in [0.25, 0.3) is 0 Å². The first-order valence-electron chi connectivity index (χ1n) is 23.5. The zero-order chi connectivity index (χ0) is 43.2. The van der Waals surface area contributed by atoms with Gasteiger partial charge in [-0.1, -0.05) is 129 Å². The number of rotatable bonds is 40. The van der Waals surface area contributed by atoms with Crippen molar-refractivity contribution < 1.29 is 23.9 Å². The minimum absolute atomic E-state index is 0.0365. The molecule has 0 aromatic rings. The molecule has 0 aliphatic carbocycles. The topological polar surface area (TPSA) is 77.5 Å². The molecule has 0 aromatic carbocycles. The molecular weight excluding hydrogens is 705 g/mol. The third kappa shape index (κ3) is 22.5. The first kappa shape index (κ1) is 54.6. The maximum Gasteiger partial charge on any atom is 0.138 e. The van der Waals surface area contributed by atoms with Gasteiger partial charge < -0.3 is 4.74 Å². The molecule has 0 N–H and O–H groups in total. The normalized spacial score (nSPS) is 15.7. The van der Waals surface area contributed by atoms with Crippen molar-refractivity contribution in [2.24, 2.45) is 47.3 Å². The van der Waals surface area contributed by atoms with Crippen molar-refractivity contribution in [3.05, 3.63) is 49.6 Å². The molecule has 0 aromatic heterocycles. The van der Waals surface area contributed by atoms with E-state index in [4.69, 9.17) is 4.74 Å². The zero-order valence-electron chi connectivity index (χ0n) is 38.6. The van der Waals surface area contributed by atoms with Crippen molar-refractivity contribution in [2.75, 3.05) is 13.2 Å². The Kier molecular flexibility index (Phi) is 32.0. The van der Waals surface area contributed by atoms with E-state index in [1.807, 2.05) is 26.0 Å². The third-order valence-corrected chi connectivity index (χ3v) is 12.6. The number of hydrogen-bond acceptors (Lipinski definition) is 5. The van der Waals surface area contributed by atoms with Gasteiger partial charge in [0.1, 0.15) is 23.1 Å². The highest BCUT2D eigenvalue weighted by Crippen LogP contribution is 2.37. The van der Waals surface area contributed by atoms with Gasteiger partial charge in [0.05, 0.1) is 13.2 Å². The van der Waals surface area contributed by atoms with Gasteiger partial charge in [-0.05, 0) is 102 Å². The summed E-state index contributed by atoms with van der Waals surface area (Å²) in [5.41, 5.74) is 2.03. The minimum Gasteiger partial charge on any atom is -0.380 e. The Morgan fingerprint density at radius 2 is 0.754 bits per heavy atom. The Labute approximate surface area is 352 Å². The van der Waals surface area contributed by atoms with E-state index in [1.54, 1.807) is 0 Å². The number of ether oxygens (including phenoxy) is 1. The lowest BCUT2D eigenvalue weighted by Gasteiger charge is -2.33. The summed E-state index contributed by atoms with van der Waals surface area (Å²) in [6.07, 6.45) is 22.1. The van der Waals surface area contributed by atoms with Crippen LogP contribution in [0.3, 0.4) is 0 Å². The number of hydrogen-bond donors (Lipinski definition) is 0. The molecule has 0 aliphatic heterocycles. The summed E-state index contributed by atoms with van der Waals surface area (Å²) in [5, 5.41) is 0. The van der Waals surface area contributed by atoms with E-state index in [1.165, 1.54) is 0 Å². The Morgan fingerprint density at radius 3 is 1.00 bits per heavy atom. The molecule has 0 bridgehead atoms. The highest BCUT2D eigenvalue weighted by molar-refractivity contribution is 5.84. The molecule has 8 unspecified atom stereocenters. The number of carbonyl (C=O) groups excluding carboxylic acids is 4. The second-order valence-corrected chi connectivity index (χ2v) is 17.7. The molecule has 0 saturated carbocycles. The molecule has 8 atom stereocenters. The Bertz CT molecular complexity index is 1090. The van der Waals surface area contributed by atoms with E-state index < -0.39 is 0 Å². The van der Waals surface area contributed by atoms with Crippen LogP contribution in [0.1, 0.15) is 197 Å². The number of carbonyl (C=O) groups is 4. The van der Waals surface area contributed by atoms with Crippen LogP contribution in [0, 0.1) is 47.3 Å². The predicted molar refractivity (Wildman–Crippen MR) is 244 cm³/mol. The molecule has 57 heavy (non-hydrogen) atoms. The van der Waals surface area contributed by atoms with E-state index in [0.717, 1.165) is 114 Å². The fraction of sp³-hybridized carbons (Fsp3) is 0.769. The average molecular weight is 795 g/mol. The van der Waals surface area contributed by atoms with Crippen LogP contribution >= 0.6 is 0 Å². The van der Waals surface area contributed by atoms with E-state index in [0.29, 0.717) is 38.5 Å². The van der Waals surface area contributed by atoms with Gasteiger partial charge in [-0.15, -0.1) is 13.2 Å². The molecule has 0 rings (SSSR count). The van der Waals surface area contributed by atoms with Crippen LogP contribution in [0.4, 0.5) is 0 Å². The SMILES string of the molecule is C=CCCC(C(=C)C)C(CC(C)C(COCC(C(=O)CCCCC)C(C)CC(C(=O)CCCCC)C(CCC=C)C(=C)C)C(=O)CCCCC)C(=O)CCCCC. The van der Waals surface area contributed by atoms with Crippen LogP contribution in [-0.4, -0.2) is 36.3 Å². The molecule has 0 spiro atoms. The summed E-state index contributed by atoms with van der Waals surface area (Å²) in [6.45, 7) is 33.9. The number of ketones is 4. The second-order valence-electron chi connectivity index (χ2n) is 17.7. The fourth-order valence-electron chi connectivity index (χ4n) is 8.76. The monoisotopic (exact) mass is 795 g/mol. The van der Waals surface area contributed by atoms with Gasteiger partial charge in [0.2, 0.25) is 0 Å². The quantitative estimate of drug-likeness (QED) is 0.0456. The zero-order valence-corrected chi connectivity index (χ0v) is 38.6. The van der Waals surface area contributed by atoms with Gasteiger partial charge in [-0.2, -0.15) is 0 Å². The Morgan fingerprint density at radius 1 is 0.474 bits per heavy atom. The summed E-state index contributed by atoms with van der Waals surface area (Å²) in [5.74, 6) is -0.308. The fourth-order valence-corrected chi connectivity index (χ4v) is 8.76. The molecular formula is C52H90O5. The average Bonchev–Trinajstić information content (AvgIpc) is 3.16. The molecule has 0 amide bonds. The van der Waals surface area contributed by atoms with Gasteiger partial charge in [0, 0.05) is 49.4 Å². The van der Waals surface area contributed by atoms with Gasteiger partial charge in [-0.3, -0.25) is 19.2 Å². The molecule has 0 saturated heterocycles. The van der Waals surface area contributed by atoms with E-state index >= 15 is 0 Å². The molecule has 0 radical (unpaired) electrons. The second kappa shape index (κ2) is 33.4. The summed E-state index contributed by atoms with van der Waals surface area (Å²) < 4.78 is 6.57.